The minimum absolute atomic E-state index is 0.311. The monoisotopic (exact) mass is 255 g/mol. The van der Waals surface area contributed by atoms with Gasteiger partial charge in [0.15, 0.2) is 5.82 Å². The second-order valence-electron chi connectivity index (χ2n) is 4.34. The van der Waals surface area contributed by atoms with Crippen molar-refractivity contribution in [1.82, 2.24) is 9.97 Å². The number of hydrogen-bond donors (Lipinski definition) is 1. The fourth-order valence-electron chi connectivity index (χ4n) is 2.07. The number of hydrogen-bond acceptors (Lipinski definition) is 4. The second-order valence-corrected chi connectivity index (χ2v) is 5.35. The maximum Gasteiger partial charge on any atom is 0.223 e. The smallest absolute Gasteiger partial charge is 0.223 e. The molecule has 0 atom stereocenters. The molecule has 1 fully saturated rings. The average Bonchev–Trinajstić information content (AvgIpc) is 2.83. The van der Waals surface area contributed by atoms with Crippen LogP contribution in [0.15, 0.2) is 11.2 Å². The van der Waals surface area contributed by atoms with Gasteiger partial charge < -0.3 is 5.32 Å². The van der Waals surface area contributed by atoms with Crippen LogP contribution < -0.4 is 5.32 Å². The highest BCUT2D eigenvalue weighted by molar-refractivity contribution is 7.99. The van der Waals surface area contributed by atoms with Crippen molar-refractivity contribution in [2.45, 2.75) is 37.6 Å². The molecular weight excluding hydrogens is 237 g/mol. The molecule has 1 aromatic heterocycles. The predicted molar refractivity (Wildman–Crippen MR) is 68.8 cm³/mol. The van der Waals surface area contributed by atoms with Crippen LogP contribution in [0.1, 0.15) is 32.6 Å². The summed E-state index contributed by atoms with van der Waals surface area (Å²) in [6.07, 6.45) is 6.45. The standard InChI is InChI=1S/C12H18FN3S/c1-2-14-12-15-7-10(13)11(16-12)17-8-9-5-3-4-6-9/h7,9H,2-6,8H2,1H3,(H,14,15,16). The first-order valence-electron chi connectivity index (χ1n) is 6.18. The number of anilines is 1. The molecule has 1 aliphatic rings. The highest BCUT2D eigenvalue weighted by atomic mass is 32.2. The third kappa shape index (κ3) is 3.56. The second kappa shape index (κ2) is 6.19. The van der Waals surface area contributed by atoms with Crippen LogP contribution in [0.2, 0.25) is 0 Å². The van der Waals surface area contributed by atoms with Crippen LogP contribution in [-0.4, -0.2) is 22.3 Å². The van der Waals surface area contributed by atoms with E-state index in [1.165, 1.54) is 43.6 Å². The summed E-state index contributed by atoms with van der Waals surface area (Å²) < 4.78 is 13.5. The molecule has 0 aliphatic heterocycles. The van der Waals surface area contributed by atoms with E-state index in [-0.39, 0.29) is 5.82 Å². The van der Waals surface area contributed by atoms with Crippen molar-refractivity contribution in [3.63, 3.8) is 0 Å². The average molecular weight is 255 g/mol. The molecule has 94 valence electrons. The number of nitrogens with zero attached hydrogens (tertiary/aromatic N) is 2. The molecule has 1 aliphatic carbocycles. The number of aromatic nitrogens is 2. The molecule has 1 aromatic rings. The Kier molecular flexibility index (Phi) is 4.59. The van der Waals surface area contributed by atoms with Gasteiger partial charge in [0.05, 0.1) is 6.20 Å². The summed E-state index contributed by atoms with van der Waals surface area (Å²) in [6, 6.07) is 0. The van der Waals surface area contributed by atoms with Crippen LogP contribution in [0, 0.1) is 11.7 Å². The number of halogens is 1. The zero-order valence-corrected chi connectivity index (χ0v) is 10.9. The third-order valence-electron chi connectivity index (χ3n) is 2.98. The van der Waals surface area contributed by atoms with Gasteiger partial charge in [0.2, 0.25) is 5.95 Å². The van der Waals surface area contributed by atoms with Crippen molar-refractivity contribution >= 4 is 17.7 Å². The molecule has 1 heterocycles. The van der Waals surface area contributed by atoms with Gasteiger partial charge in [-0.2, -0.15) is 0 Å². The molecule has 0 unspecified atom stereocenters. The Bertz CT molecular complexity index is 367. The molecule has 0 saturated heterocycles. The van der Waals surface area contributed by atoms with Gasteiger partial charge in [-0.1, -0.05) is 12.8 Å². The largest absolute Gasteiger partial charge is 0.354 e. The summed E-state index contributed by atoms with van der Waals surface area (Å²) in [5, 5.41) is 3.48. The molecule has 2 rings (SSSR count). The molecule has 17 heavy (non-hydrogen) atoms. The number of nitrogens with one attached hydrogen (secondary N) is 1. The van der Waals surface area contributed by atoms with Crippen molar-refractivity contribution < 1.29 is 4.39 Å². The normalized spacial score (nSPS) is 16.4. The van der Waals surface area contributed by atoms with Crippen LogP contribution in [-0.2, 0) is 0 Å². The summed E-state index contributed by atoms with van der Waals surface area (Å²) in [7, 11) is 0. The maximum absolute atomic E-state index is 13.5. The minimum atomic E-state index is -0.311. The molecule has 0 radical (unpaired) electrons. The van der Waals surface area contributed by atoms with E-state index in [2.05, 4.69) is 15.3 Å². The number of rotatable bonds is 5. The molecule has 1 N–H and O–H groups in total. The molecule has 0 spiro atoms. The highest BCUT2D eigenvalue weighted by Crippen LogP contribution is 2.31. The van der Waals surface area contributed by atoms with Gasteiger partial charge in [-0.25, -0.2) is 14.4 Å². The first-order chi connectivity index (χ1) is 8.29. The van der Waals surface area contributed by atoms with E-state index in [9.17, 15) is 4.39 Å². The Hall–Kier alpha value is -0.840. The Morgan fingerprint density at radius 3 is 2.94 bits per heavy atom. The Labute approximate surface area is 106 Å². The Balaban J connectivity index is 1.95. The minimum Gasteiger partial charge on any atom is -0.354 e. The third-order valence-corrected chi connectivity index (χ3v) is 4.18. The summed E-state index contributed by atoms with van der Waals surface area (Å²) in [5.74, 6) is 1.91. The van der Waals surface area contributed by atoms with E-state index in [1.54, 1.807) is 0 Å². The van der Waals surface area contributed by atoms with E-state index < -0.39 is 0 Å². The lowest BCUT2D eigenvalue weighted by atomic mass is 10.1. The SMILES string of the molecule is CCNc1ncc(F)c(SCC2CCCC2)n1. The lowest BCUT2D eigenvalue weighted by molar-refractivity contribution is 0.577. The molecule has 3 nitrogen and oxygen atoms in total. The van der Waals surface area contributed by atoms with Gasteiger partial charge in [0.25, 0.3) is 0 Å². The van der Waals surface area contributed by atoms with Crippen molar-refractivity contribution in [2.24, 2.45) is 5.92 Å². The van der Waals surface area contributed by atoms with Crippen LogP contribution in [0.3, 0.4) is 0 Å². The topological polar surface area (TPSA) is 37.8 Å². The predicted octanol–water partition coefficient (Wildman–Crippen LogP) is 3.33. The van der Waals surface area contributed by atoms with Crippen molar-refractivity contribution in [3.05, 3.63) is 12.0 Å². The first kappa shape index (κ1) is 12.6. The summed E-state index contributed by atoms with van der Waals surface area (Å²) in [4.78, 5) is 8.09. The molecule has 1 saturated carbocycles. The molecule has 0 aromatic carbocycles. The Morgan fingerprint density at radius 2 is 2.24 bits per heavy atom. The van der Waals surface area contributed by atoms with E-state index >= 15 is 0 Å². The Morgan fingerprint density at radius 1 is 1.47 bits per heavy atom. The van der Waals surface area contributed by atoms with Gasteiger partial charge in [-0.05, 0) is 25.7 Å². The van der Waals surface area contributed by atoms with Gasteiger partial charge in [-0.15, -0.1) is 11.8 Å². The van der Waals surface area contributed by atoms with E-state index in [0.717, 1.165) is 18.2 Å². The zero-order chi connectivity index (χ0) is 12.1. The number of thioether (sulfide) groups is 1. The van der Waals surface area contributed by atoms with Crippen molar-refractivity contribution in [1.29, 1.82) is 0 Å². The van der Waals surface area contributed by atoms with Gasteiger partial charge >= 0.3 is 0 Å². The van der Waals surface area contributed by atoms with Crippen LogP contribution in [0.25, 0.3) is 0 Å². The van der Waals surface area contributed by atoms with Gasteiger partial charge in [0.1, 0.15) is 5.03 Å². The van der Waals surface area contributed by atoms with Crippen molar-refractivity contribution in [2.75, 3.05) is 17.6 Å². The molecular formula is C12H18FN3S. The lowest BCUT2D eigenvalue weighted by Gasteiger charge is -2.09. The summed E-state index contributed by atoms with van der Waals surface area (Å²) in [5.41, 5.74) is 0. The van der Waals surface area contributed by atoms with E-state index in [0.29, 0.717) is 11.0 Å². The van der Waals surface area contributed by atoms with E-state index in [4.69, 9.17) is 0 Å². The van der Waals surface area contributed by atoms with Crippen LogP contribution in [0.5, 0.6) is 0 Å². The first-order valence-corrected chi connectivity index (χ1v) is 7.17. The molecule has 0 bridgehead atoms. The maximum atomic E-state index is 13.5. The van der Waals surface area contributed by atoms with Crippen LogP contribution in [0.4, 0.5) is 10.3 Å². The fourth-order valence-corrected chi connectivity index (χ4v) is 3.14. The lowest BCUT2D eigenvalue weighted by Crippen LogP contribution is -2.04. The molecule has 0 amide bonds. The van der Waals surface area contributed by atoms with Gasteiger partial charge in [-0.3, -0.25) is 0 Å². The van der Waals surface area contributed by atoms with Gasteiger partial charge in [0, 0.05) is 12.3 Å². The zero-order valence-electron chi connectivity index (χ0n) is 10.1. The molecule has 5 heteroatoms. The summed E-state index contributed by atoms with van der Waals surface area (Å²) >= 11 is 1.52. The quantitative estimate of drug-likeness (QED) is 0.647. The summed E-state index contributed by atoms with van der Waals surface area (Å²) in [6.45, 7) is 2.72. The van der Waals surface area contributed by atoms with Crippen molar-refractivity contribution in [3.8, 4) is 0 Å². The van der Waals surface area contributed by atoms with E-state index in [1.807, 2.05) is 6.92 Å². The highest BCUT2D eigenvalue weighted by Gasteiger charge is 2.16. The van der Waals surface area contributed by atoms with Crippen LogP contribution >= 0.6 is 11.8 Å². The fraction of sp³-hybridized carbons (Fsp3) is 0.667.